The Balaban J connectivity index is 1.69. The fraction of sp³-hybridized carbons (Fsp3) is 0.400. The van der Waals surface area contributed by atoms with E-state index in [0.717, 1.165) is 16.3 Å². The van der Waals surface area contributed by atoms with Crippen LogP contribution in [-0.4, -0.2) is 45.4 Å². The van der Waals surface area contributed by atoms with Crippen LogP contribution in [0.1, 0.15) is 11.3 Å². The highest BCUT2D eigenvalue weighted by Crippen LogP contribution is 2.25. The number of β-amino-alcohol motifs (C(OH)–C–C–N with tert-alkyl or cyclic N) is 2. The van der Waals surface area contributed by atoms with E-state index in [4.69, 9.17) is 0 Å². The monoisotopic (exact) mass is 290 g/mol. The van der Waals surface area contributed by atoms with Crippen LogP contribution >= 0.6 is 11.3 Å². The molecule has 5 heteroatoms. The van der Waals surface area contributed by atoms with E-state index in [9.17, 15) is 10.2 Å². The third-order valence-electron chi connectivity index (χ3n) is 3.57. The van der Waals surface area contributed by atoms with Crippen LogP contribution in [0.4, 0.5) is 0 Å². The molecule has 2 heterocycles. The number of thiazole rings is 1. The SMILES string of the molecule is Cc1ccc(-c2nc(CN3C[C@@H](O)[C@@H](O)C3)cs2)cc1. The van der Waals surface area contributed by atoms with Crippen molar-refractivity contribution in [3.8, 4) is 10.6 Å². The van der Waals surface area contributed by atoms with Crippen LogP contribution in [0.3, 0.4) is 0 Å². The molecule has 0 amide bonds. The topological polar surface area (TPSA) is 56.6 Å². The molecule has 1 aliphatic heterocycles. The molecule has 1 aliphatic rings. The van der Waals surface area contributed by atoms with Crippen LogP contribution in [0.5, 0.6) is 0 Å². The molecule has 0 aliphatic carbocycles. The maximum absolute atomic E-state index is 9.55. The van der Waals surface area contributed by atoms with Crippen LogP contribution < -0.4 is 0 Å². The summed E-state index contributed by atoms with van der Waals surface area (Å²) in [7, 11) is 0. The molecule has 4 nitrogen and oxygen atoms in total. The maximum atomic E-state index is 9.55. The Bertz CT molecular complexity index is 572. The highest BCUT2D eigenvalue weighted by molar-refractivity contribution is 7.13. The van der Waals surface area contributed by atoms with E-state index >= 15 is 0 Å². The van der Waals surface area contributed by atoms with Crippen molar-refractivity contribution in [3.63, 3.8) is 0 Å². The second-order valence-electron chi connectivity index (χ2n) is 5.34. The Kier molecular flexibility index (Phi) is 3.85. The number of aryl methyl sites for hydroxylation is 1. The largest absolute Gasteiger partial charge is 0.389 e. The van der Waals surface area contributed by atoms with Crippen LogP contribution in [-0.2, 0) is 6.54 Å². The lowest BCUT2D eigenvalue weighted by Crippen LogP contribution is -2.22. The molecule has 2 atom stereocenters. The minimum absolute atomic E-state index is 0.512. The van der Waals surface area contributed by atoms with Gasteiger partial charge in [-0.15, -0.1) is 11.3 Å². The summed E-state index contributed by atoms with van der Waals surface area (Å²) >= 11 is 1.63. The summed E-state index contributed by atoms with van der Waals surface area (Å²) in [6, 6.07) is 8.34. The minimum atomic E-state index is -0.634. The van der Waals surface area contributed by atoms with Crippen molar-refractivity contribution in [3.05, 3.63) is 40.9 Å². The third kappa shape index (κ3) is 2.91. The molecular weight excluding hydrogens is 272 g/mol. The van der Waals surface area contributed by atoms with Crippen molar-refractivity contribution >= 4 is 11.3 Å². The molecule has 20 heavy (non-hydrogen) atoms. The molecule has 1 aromatic heterocycles. The molecule has 0 saturated carbocycles. The van der Waals surface area contributed by atoms with Gasteiger partial charge in [0.25, 0.3) is 0 Å². The number of aliphatic hydroxyl groups is 2. The van der Waals surface area contributed by atoms with Gasteiger partial charge in [-0.1, -0.05) is 29.8 Å². The summed E-state index contributed by atoms with van der Waals surface area (Å²) in [5, 5.41) is 22.2. The van der Waals surface area contributed by atoms with E-state index in [2.05, 4.69) is 36.2 Å². The van der Waals surface area contributed by atoms with Crippen molar-refractivity contribution in [2.24, 2.45) is 0 Å². The second kappa shape index (κ2) is 5.61. The molecule has 1 fully saturated rings. The quantitative estimate of drug-likeness (QED) is 0.902. The highest BCUT2D eigenvalue weighted by atomic mass is 32.1. The van der Waals surface area contributed by atoms with Gasteiger partial charge in [0, 0.05) is 30.6 Å². The van der Waals surface area contributed by atoms with Crippen LogP contribution in [0, 0.1) is 6.92 Å². The van der Waals surface area contributed by atoms with Gasteiger partial charge in [0.15, 0.2) is 0 Å². The molecule has 2 N–H and O–H groups in total. The molecule has 1 saturated heterocycles. The first kappa shape index (κ1) is 13.7. The first-order chi connectivity index (χ1) is 9.61. The van der Waals surface area contributed by atoms with Gasteiger partial charge in [-0.05, 0) is 6.92 Å². The molecule has 0 bridgehead atoms. The lowest BCUT2D eigenvalue weighted by molar-refractivity contribution is 0.0572. The first-order valence-corrected chi connectivity index (χ1v) is 7.60. The third-order valence-corrected chi connectivity index (χ3v) is 4.51. The predicted octanol–water partition coefficient (Wildman–Crippen LogP) is 1.66. The lowest BCUT2D eigenvalue weighted by Gasteiger charge is -2.12. The molecule has 1 aromatic carbocycles. The average Bonchev–Trinajstić information content (AvgIpc) is 2.99. The lowest BCUT2D eigenvalue weighted by atomic mass is 10.2. The Morgan fingerprint density at radius 3 is 2.50 bits per heavy atom. The molecule has 0 radical (unpaired) electrons. The standard InChI is InChI=1S/C15H18N2O2S/c1-10-2-4-11(5-3-10)15-16-12(9-20-15)6-17-7-13(18)14(19)8-17/h2-5,9,13-14,18-19H,6-8H2,1H3/t13-,14+. The number of likely N-dealkylation sites (tertiary alicyclic amines) is 1. The average molecular weight is 290 g/mol. The summed E-state index contributed by atoms with van der Waals surface area (Å²) < 4.78 is 0. The van der Waals surface area contributed by atoms with Gasteiger partial charge in [0.2, 0.25) is 0 Å². The number of aliphatic hydroxyl groups excluding tert-OH is 2. The number of rotatable bonds is 3. The van der Waals surface area contributed by atoms with Gasteiger partial charge in [-0.25, -0.2) is 4.98 Å². The van der Waals surface area contributed by atoms with Gasteiger partial charge < -0.3 is 10.2 Å². The number of nitrogens with zero attached hydrogens (tertiary/aromatic N) is 2. The van der Waals surface area contributed by atoms with Crippen molar-refractivity contribution in [1.29, 1.82) is 0 Å². The Labute approximate surface area is 122 Å². The van der Waals surface area contributed by atoms with Crippen molar-refractivity contribution in [2.75, 3.05) is 13.1 Å². The summed E-state index contributed by atoms with van der Waals surface area (Å²) in [5.41, 5.74) is 3.37. The molecule has 0 unspecified atom stereocenters. The summed E-state index contributed by atoms with van der Waals surface area (Å²) in [5.74, 6) is 0. The van der Waals surface area contributed by atoms with Gasteiger partial charge in [-0.3, -0.25) is 4.90 Å². The van der Waals surface area contributed by atoms with E-state index in [1.165, 1.54) is 5.56 Å². The van der Waals surface area contributed by atoms with Crippen LogP contribution in [0.2, 0.25) is 0 Å². The number of benzene rings is 1. The van der Waals surface area contributed by atoms with E-state index in [1.54, 1.807) is 11.3 Å². The summed E-state index contributed by atoms with van der Waals surface area (Å²) in [6.07, 6.45) is -1.27. The van der Waals surface area contributed by atoms with Gasteiger partial charge in [0.05, 0.1) is 17.9 Å². The number of hydrogen-bond acceptors (Lipinski definition) is 5. The predicted molar refractivity (Wildman–Crippen MR) is 79.6 cm³/mol. The fourth-order valence-electron chi connectivity index (χ4n) is 2.41. The molecule has 0 spiro atoms. The van der Waals surface area contributed by atoms with Gasteiger partial charge in [0.1, 0.15) is 5.01 Å². The normalized spacial score (nSPS) is 23.4. The van der Waals surface area contributed by atoms with E-state index in [1.807, 2.05) is 10.3 Å². The molecular formula is C15H18N2O2S. The second-order valence-corrected chi connectivity index (χ2v) is 6.20. The Morgan fingerprint density at radius 1 is 1.20 bits per heavy atom. The van der Waals surface area contributed by atoms with Crippen LogP contribution in [0.25, 0.3) is 10.6 Å². The van der Waals surface area contributed by atoms with Crippen molar-refractivity contribution in [1.82, 2.24) is 9.88 Å². The highest BCUT2D eigenvalue weighted by Gasteiger charge is 2.29. The van der Waals surface area contributed by atoms with Crippen LogP contribution in [0.15, 0.2) is 29.6 Å². The Hall–Kier alpha value is -1.27. The maximum Gasteiger partial charge on any atom is 0.123 e. The number of hydrogen-bond donors (Lipinski definition) is 2. The summed E-state index contributed by atoms with van der Waals surface area (Å²) in [4.78, 5) is 6.67. The molecule has 2 aromatic rings. The van der Waals surface area contributed by atoms with E-state index in [-0.39, 0.29) is 0 Å². The molecule has 3 rings (SSSR count). The van der Waals surface area contributed by atoms with Crippen molar-refractivity contribution < 1.29 is 10.2 Å². The van der Waals surface area contributed by atoms with Crippen molar-refractivity contribution in [2.45, 2.75) is 25.7 Å². The number of aromatic nitrogens is 1. The zero-order valence-corrected chi connectivity index (χ0v) is 12.2. The smallest absolute Gasteiger partial charge is 0.123 e. The Morgan fingerprint density at radius 2 is 1.85 bits per heavy atom. The molecule has 106 valence electrons. The zero-order chi connectivity index (χ0) is 14.1. The summed E-state index contributed by atoms with van der Waals surface area (Å²) in [6.45, 7) is 3.77. The fourth-order valence-corrected chi connectivity index (χ4v) is 3.23. The van der Waals surface area contributed by atoms with E-state index in [0.29, 0.717) is 19.6 Å². The van der Waals surface area contributed by atoms with E-state index < -0.39 is 12.2 Å². The van der Waals surface area contributed by atoms with Gasteiger partial charge >= 0.3 is 0 Å². The van der Waals surface area contributed by atoms with Gasteiger partial charge in [-0.2, -0.15) is 0 Å². The minimum Gasteiger partial charge on any atom is -0.389 e. The zero-order valence-electron chi connectivity index (χ0n) is 11.4. The first-order valence-electron chi connectivity index (χ1n) is 6.72.